The van der Waals surface area contributed by atoms with E-state index in [1.54, 1.807) is 4.90 Å². The summed E-state index contributed by atoms with van der Waals surface area (Å²) in [6.45, 7) is 6.53. The van der Waals surface area contributed by atoms with Crippen LogP contribution in [0.4, 0.5) is 5.69 Å². The van der Waals surface area contributed by atoms with Crippen LogP contribution in [0, 0.1) is 17.8 Å². The largest absolute Gasteiger partial charge is 0.342 e. The molecule has 2 saturated heterocycles. The maximum absolute atomic E-state index is 12.8. The van der Waals surface area contributed by atoms with Gasteiger partial charge in [-0.3, -0.25) is 9.59 Å². The molecule has 0 spiro atoms. The Labute approximate surface area is 146 Å². The molecule has 4 nitrogen and oxygen atoms in total. The molecule has 2 amide bonds. The number of hydrogen-bond acceptors (Lipinski definition) is 2. The Kier molecular flexibility index (Phi) is 4.76. The molecule has 0 N–H and O–H groups in total. The summed E-state index contributed by atoms with van der Waals surface area (Å²) in [5, 5.41) is 0. The summed E-state index contributed by atoms with van der Waals surface area (Å²) < 4.78 is 0.890. The Morgan fingerprint density at radius 1 is 1.13 bits per heavy atom. The van der Waals surface area contributed by atoms with Gasteiger partial charge >= 0.3 is 0 Å². The highest BCUT2D eigenvalue weighted by atomic mass is 79.9. The Hall–Kier alpha value is -1.36. The lowest BCUT2D eigenvalue weighted by Crippen LogP contribution is -2.45. The second kappa shape index (κ2) is 6.63. The number of carbonyl (C=O) groups excluding carboxylic acids is 2. The van der Waals surface area contributed by atoms with Gasteiger partial charge in [0.2, 0.25) is 11.8 Å². The van der Waals surface area contributed by atoms with Crippen LogP contribution in [0.25, 0.3) is 0 Å². The van der Waals surface area contributed by atoms with Crippen LogP contribution in [0.2, 0.25) is 0 Å². The summed E-state index contributed by atoms with van der Waals surface area (Å²) in [5.41, 5.74) is 0.855. The first kappa shape index (κ1) is 16.5. The van der Waals surface area contributed by atoms with Crippen molar-refractivity contribution in [3.05, 3.63) is 28.7 Å². The molecule has 0 aromatic heterocycles. The van der Waals surface area contributed by atoms with Crippen molar-refractivity contribution in [1.29, 1.82) is 0 Å². The lowest BCUT2D eigenvalue weighted by atomic mass is 9.91. The summed E-state index contributed by atoms with van der Waals surface area (Å²) >= 11 is 3.49. The molecule has 2 aliphatic rings. The first-order valence-electron chi connectivity index (χ1n) is 8.29. The quantitative estimate of drug-likeness (QED) is 0.791. The smallest absolute Gasteiger partial charge is 0.228 e. The molecule has 1 aromatic rings. The Morgan fingerprint density at radius 3 is 2.43 bits per heavy atom. The number of hydrogen-bond donors (Lipinski definition) is 0. The zero-order valence-electron chi connectivity index (χ0n) is 13.7. The van der Waals surface area contributed by atoms with E-state index < -0.39 is 0 Å². The van der Waals surface area contributed by atoms with Crippen molar-refractivity contribution in [3.8, 4) is 0 Å². The van der Waals surface area contributed by atoms with Crippen molar-refractivity contribution in [2.24, 2.45) is 17.8 Å². The van der Waals surface area contributed by atoms with E-state index in [4.69, 9.17) is 0 Å². The molecular weight excluding hydrogens is 356 g/mol. The number of halogens is 1. The van der Waals surface area contributed by atoms with E-state index in [1.807, 2.05) is 29.2 Å². The average molecular weight is 379 g/mol. The van der Waals surface area contributed by atoms with E-state index in [0.29, 0.717) is 24.8 Å². The number of nitrogens with zero attached hydrogens (tertiary/aromatic N) is 2. The minimum Gasteiger partial charge on any atom is -0.342 e. The van der Waals surface area contributed by atoms with Crippen LogP contribution in [-0.4, -0.2) is 36.3 Å². The van der Waals surface area contributed by atoms with Crippen molar-refractivity contribution < 1.29 is 9.59 Å². The van der Waals surface area contributed by atoms with Gasteiger partial charge in [0.25, 0.3) is 0 Å². The van der Waals surface area contributed by atoms with Gasteiger partial charge in [-0.25, -0.2) is 0 Å². The van der Waals surface area contributed by atoms with Gasteiger partial charge in [0.15, 0.2) is 0 Å². The van der Waals surface area contributed by atoms with Crippen LogP contribution in [0.1, 0.15) is 26.7 Å². The van der Waals surface area contributed by atoms with Gasteiger partial charge in [0, 0.05) is 30.5 Å². The minimum absolute atomic E-state index is 0.0355. The van der Waals surface area contributed by atoms with Crippen LogP contribution in [0.3, 0.4) is 0 Å². The molecule has 0 radical (unpaired) electrons. The average Bonchev–Trinajstić information content (AvgIpc) is 2.88. The summed E-state index contributed by atoms with van der Waals surface area (Å²) in [4.78, 5) is 28.9. The molecule has 3 atom stereocenters. The van der Waals surface area contributed by atoms with Crippen molar-refractivity contribution in [1.82, 2.24) is 4.90 Å². The fourth-order valence-electron chi connectivity index (χ4n) is 3.88. The van der Waals surface area contributed by atoms with Crippen molar-refractivity contribution >= 4 is 33.4 Å². The second-order valence-corrected chi connectivity index (χ2v) is 7.90. The number of piperidine rings is 1. The highest BCUT2D eigenvalue weighted by Crippen LogP contribution is 2.32. The van der Waals surface area contributed by atoms with E-state index in [9.17, 15) is 9.59 Å². The fraction of sp³-hybridized carbons (Fsp3) is 0.556. The Morgan fingerprint density at radius 2 is 1.78 bits per heavy atom. The van der Waals surface area contributed by atoms with E-state index in [2.05, 4.69) is 29.8 Å². The monoisotopic (exact) mass is 378 g/mol. The molecule has 2 aliphatic heterocycles. The Balaban J connectivity index is 1.72. The highest BCUT2D eigenvalue weighted by Gasteiger charge is 2.39. The molecule has 3 rings (SSSR count). The molecular formula is C18H23BrN2O2. The van der Waals surface area contributed by atoms with Gasteiger partial charge < -0.3 is 9.80 Å². The van der Waals surface area contributed by atoms with Crippen molar-refractivity contribution in [3.63, 3.8) is 0 Å². The number of amides is 2. The fourth-order valence-corrected chi connectivity index (χ4v) is 4.38. The zero-order valence-corrected chi connectivity index (χ0v) is 15.3. The standard InChI is InChI=1S/C18H23BrN2O2/c1-12-7-13(2)10-20(9-12)18(23)14-8-17(22)21(11-14)16-6-4-3-5-15(16)19/h3-6,12-14H,7-11H2,1-2H3. The van der Waals surface area contributed by atoms with E-state index >= 15 is 0 Å². The maximum atomic E-state index is 12.8. The molecule has 0 aliphatic carbocycles. The summed E-state index contributed by atoms with van der Waals surface area (Å²) in [5.74, 6) is 1.05. The number of anilines is 1. The predicted octanol–water partition coefficient (Wildman–Crippen LogP) is 3.31. The van der Waals surface area contributed by atoms with Crippen LogP contribution >= 0.6 is 15.9 Å². The number of benzene rings is 1. The third kappa shape index (κ3) is 3.44. The van der Waals surface area contributed by atoms with Crippen molar-refractivity contribution in [2.75, 3.05) is 24.5 Å². The van der Waals surface area contributed by atoms with Crippen LogP contribution < -0.4 is 4.90 Å². The normalized spacial score (nSPS) is 28.3. The van der Waals surface area contributed by atoms with Crippen LogP contribution in [-0.2, 0) is 9.59 Å². The summed E-state index contributed by atoms with van der Waals surface area (Å²) in [6, 6.07) is 7.68. The lowest BCUT2D eigenvalue weighted by molar-refractivity contribution is -0.138. The van der Waals surface area contributed by atoms with Crippen LogP contribution in [0.5, 0.6) is 0 Å². The SMILES string of the molecule is CC1CC(C)CN(C(=O)C2CC(=O)N(c3ccccc3Br)C2)C1. The minimum atomic E-state index is -0.216. The van der Waals surface area contributed by atoms with Gasteiger partial charge in [-0.2, -0.15) is 0 Å². The molecule has 23 heavy (non-hydrogen) atoms. The van der Waals surface area contributed by atoms with Gasteiger partial charge in [-0.1, -0.05) is 26.0 Å². The number of para-hydroxylation sites is 1. The van der Waals surface area contributed by atoms with E-state index in [-0.39, 0.29) is 17.7 Å². The van der Waals surface area contributed by atoms with Crippen molar-refractivity contribution in [2.45, 2.75) is 26.7 Å². The molecule has 0 bridgehead atoms. The van der Waals surface area contributed by atoms with Gasteiger partial charge in [0.1, 0.15) is 0 Å². The number of likely N-dealkylation sites (tertiary alicyclic amines) is 1. The highest BCUT2D eigenvalue weighted by molar-refractivity contribution is 9.10. The van der Waals surface area contributed by atoms with E-state index in [1.165, 1.54) is 6.42 Å². The molecule has 0 saturated carbocycles. The summed E-state index contributed by atoms with van der Waals surface area (Å²) in [7, 11) is 0. The van der Waals surface area contributed by atoms with Crippen LogP contribution in [0.15, 0.2) is 28.7 Å². The first-order valence-corrected chi connectivity index (χ1v) is 9.08. The first-order chi connectivity index (χ1) is 11.0. The lowest BCUT2D eigenvalue weighted by Gasteiger charge is -2.36. The molecule has 2 heterocycles. The maximum Gasteiger partial charge on any atom is 0.228 e. The topological polar surface area (TPSA) is 40.6 Å². The van der Waals surface area contributed by atoms with Gasteiger partial charge in [-0.05, 0) is 46.3 Å². The molecule has 2 fully saturated rings. The van der Waals surface area contributed by atoms with Gasteiger partial charge in [-0.15, -0.1) is 0 Å². The van der Waals surface area contributed by atoms with Gasteiger partial charge in [0.05, 0.1) is 11.6 Å². The third-order valence-electron chi connectivity index (χ3n) is 4.80. The Bertz CT molecular complexity index is 609. The molecule has 124 valence electrons. The third-order valence-corrected chi connectivity index (χ3v) is 5.47. The number of carbonyl (C=O) groups is 2. The predicted molar refractivity (Wildman–Crippen MR) is 94.1 cm³/mol. The molecule has 1 aromatic carbocycles. The second-order valence-electron chi connectivity index (χ2n) is 7.05. The molecule has 5 heteroatoms. The number of rotatable bonds is 2. The van der Waals surface area contributed by atoms with E-state index in [0.717, 1.165) is 23.2 Å². The molecule has 3 unspecified atom stereocenters. The zero-order chi connectivity index (χ0) is 16.6. The summed E-state index contributed by atoms with van der Waals surface area (Å²) in [6.07, 6.45) is 1.50.